The van der Waals surface area contributed by atoms with Crippen molar-refractivity contribution in [2.75, 3.05) is 20.3 Å². The van der Waals surface area contributed by atoms with E-state index in [4.69, 9.17) is 14.5 Å². The Balaban J connectivity index is 1.37. The molecule has 33 heavy (non-hydrogen) atoms. The molecule has 0 aliphatic carbocycles. The molecule has 0 aliphatic rings. The molecule has 1 amide bonds. The summed E-state index contributed by atoms with van der Waals surface area (Å²) in [4.78, 5) is 17.2. The Morgan fingerprint density at radius 1 is 1.03 bits per heavy atom. The molecule has 0 saturated carbocycles. The Labute approximate surface area is 201 Å². The van der Waals surface area contributed by atoms with Gasteiger partial charge < -0.3 is 19.4 Å². The van der Waals surface area contributed by atoms with E-state index in [1.807, 2.05) is 66.7 Å². The minimum Gasteiger partial charge on any atom is -0.497 e. The first-order chi connectivity index (χ1) is 16.1. The lowest BCUT2D eigenvalue weighted by Crippen LogP contribution is -2.25. The van der Waals surface area contributed by atoms with E-state index in [0.29, 0.717) is 25.3 Å². The summed E-state index contributed by atoms with van der Waals surface area (Å²) in [5.41, 5.74) is 2.69. The van der Waals surface area contributed by atoms with E-state index in [0.717, 1.165) is 45.7 Å². The fourth-order valence-corrected chi connectivity index (χ4v) is 4.09. The van der Waals surface area contributed by atoms with Crippen LogP contribution < -0.4 is 14.8 Å². The number of aromatic nitrogens is 2. The molecule has 7 heteroatoms. The topological polar surface area (TPSA) is 65.4 Å². The number of carbonyl (C=O) groups is 1. The number of ether oxygens (including phenoxy) is 2. The molecule has 1 heterocycles. The number of hydrogen-bond donors (Lipinski definition) is 1. The molecule has 4 rings (SSSR count). The predicted octanol–water partition coefficient (Wildman–Crippen LogP) is 5.25. The van der Waals surface area contributed by atoms with Crippen LogP contribution in [0.25, 0.3) is 11.0 Å². The van der Waals surface area contributed by atoms with Crippen molar-refractivity contribution >= 4 is 32.9 Å². The number of fused-ring (bicyclic) bond motifs is 1. The third-order valence-electron chi connectivity index (χ3n) is 5.31. The van der Waals surface area contributed by atoms with Gasteiger partial charge in [-0.3, -0.25) is 4.79 Å². The first-order valence-corrected chi connectivity index (χ1v) is 11.7. The van der Waals surface area contributed by atoms with Crippen molar-refractivity contribution in [3.05, 3.63) is 88.7 Å². The number of hydrogen-bond acceptors (Lipinski definition) is 4. The molecule has 6 nitrogen and oxygen atoms in total. The fourth-order valence-electron chi connectivity index (χ4n) is 3.69. The normalized spacial score (nSPS) is 10.8. The third-order valence-corrected chi connectivity index (χ3v) is 5.80. The lowest BCUT2D eigenvalue weighted by atomic mass is 10.2. The van der Waals surface area contributed by atoms with E-state index < -0.39 is 0 Å². The maximum atomic E-state index is 12.4. The van der Waals surface area contributed by atoms with Crippen LogP contribution in [0.2, 0.25) is 0 Å². The van der Waals surface area contributed by atoms with Gasteiger partial charge >= 0.3 is 0 Å². The summed E-state index contributed by atoms with van der Waals surface area (Å²) in [7, 11) is 1.64. The van der Waals surface area contributed by atoms with E-state index in [-0.39, 0.29) is 5.91 Å². The van der Waals surface area contributed by atoms with Crippen LogP contribution in [0.1, 0.15) is 22.6 Å². The molecule has 1 aromatic heterocycles. The molecule has 3 aromatic carbocycles. The van der Waals surface area contributed by atoms with Crippen LogP contribution >= 0.6 is 15.9 Å². The number of carbonyl (C=O) groups excluding carboxylic acids is 1. The molecule has 0 atom stereocenters. The van der Waals surface area contributed by atoms with E-state index in [1.165, 1.54) is 0 Å². The number of nitrogens with one attached hydrogen (secondary N) is 1. The highest BCUT2D eigenvalue weighted by atomic mass is 79.9. The molecule has 0 fully saturated rings. The zero-order valence-electron chi connectivity index (χ0n) is 18.5. The molecular weight excluding hydrogens is 482 g/mol. The average molecular weight is 508 g/mol. The van der Waals surface area contributed by atoms with Crippen LogP contribution in [0, 0.1) is 0 Å². The zero-order valence-corrected chi connectivity index (χ0v) is 20.0. The summed E-state index contributed by atoms with van der Waals surface area (Å²) < 4.78 is 14.3. The van der Waals surface area contributed by atoms with Gasteiger partial charge in [-0.25, -0.2) is 4.98 Å². The van der Waals surface area contributed by atoms with Crippen LogP contribution in [-0.2, 0) is 13.0 Å². The monoisotopic (exact) mass is 507 g/mol. The molecule has 0 saturated heterocycles. The van der Waals surface area contributed by atoms with Gasteiger partial charge in [0.25, 0.3) is 5.91 Å². The zero-order chi connectivity index (χ0) is 23.0. The van der Waals surface area contributed by atoms with Crippen molar-refractivity contribution in [3.8, 4) is 11.5 Å². The van der Waals surface area contributed by atoms with E-state index in [1.54, 1.807) is 7.11 Å². The van der Waals surface area contributed by atoms with Crippen LogP contribution in [0.3, 0.4) is 0 Å². The van der Waals surface area contributed by atoms with Crippen LogP contribution in [0.15, 0.2) is 77.3 Å². The van der Waals surface area contributed by atoms with E-state index >= 15 is 0 Å². The molecule has 170 valence electrons. The average Bonchev–Trinajstić information content (AvgIpc) is 3.19. The number of para-hydroxylation sites is 2. The number of imidazole rings is 1. The first-order valence-electron chi connectivity index (χ1n) is 10.9. The van der Waals surface area contributed by atoms with Gasteiger partial charge in [0.05, 0.1) is 24.7 Å². The Morgan fingerprint density at radius 2 is 1.85 bits per heavy atom. The van der Waals surface area contributed by atoms with Crippen LogP contribution in [0.4, 0.5) is 0 Å². The molecule has 0 radical (unpaired) electrons. The molecule has 1 N–H and O–H groups in total. The lowest BCUT2D eigenvalue weighted by molar-refractivity contribution is 0.0953. The quantitative estimate of drug-likeness (QED) is 0.297. The second-order valence-corrected chi connectivity index (χ2v) is 8.48. The van der Waals surface area contributed by atoms with Gasteiger partial charge in [0.1, 0.15) is 23.9 Å². The first kappa shape index (κ1) is 22.9. The fraction of sp³-hybridized carbons (Fsp3) is 0.231. The highest BCUT2D eigenvalue weighted by molar-refractivity contribution is 9.10. The second-order valence-electron chi connectivity index (χ2n) is 7.57. The number of benzene rings is 3. The summed E-state index contributed by atoms with van der Waals surface area (Å²) in [6.45, 7) is 1.77. The van der Waals surface area contributed by atoms with Crippen molar-refractivity contribution in [2.45, 2.75) is 19.4 Å². The standard InChI is InChI=1S/C26H26BrN3O3/c1-32-21-9-5-10-22(18-21)33-16-15-30-24-12-3-2-11-23(24)29-25(30)13-6-14-28-26(31)19-7-4-8-20(27)17-19/h2-5,7-12,17-18H,6,13-16H2,1H3,(H,28,31). The molecular formula is C26H26BrN3O3. The Morgan fingerprint density at radius 3 is 2.70 bits per heavy atom. The molecule has 0 aliphatic heterocycles. The summed E-state index contributed by atoms with van der Waals surface area (Å²) in [5.74, 6) is 2.46. The summed E-state index contributed by atoms with van der Waals surface area (Å²) in [6, 6.07) is 23.1. The number of amides is 1. The largest absolute Gasteiger partial charge is 0.497 e. The number of methoxy groups -OCH3 is 1. The lowest BCUT2D eigenvalue weighted by Gasteiger charge is -2.12. The van der Waals surface area contributed by atoms with Crippen LogP contribution in [0.5, 0.6) is 11.5 Å². The van der Waals surface area contributed by atoms with Crippen molar-refractivity contribution in [1.82, 2.24) is 14.9 Å². The minimum atomic E-state index is -0.0727. The number of nitrogens with zero attached hydrogens (tertiary/aromatic N) is 2. The van der Waals surface area contributed by atoms with Gasteiger partial charge in [0.15, 0.2) is 0 Å². The maximum Gasteiger partial charge on any atom is 0.251 e. The summed E-state index contributed by atoms with van der Waals surface area (Å²) >= 11 is 3.40. The van der Waals surface area contributed by atoms with Gasteiger partial charge in [0.2, 0.25) is 0 Å². The highest BCUT2D eigenvalue weighted by Crippen LogP contribution is 2.20. The summed E-state index contributed by atoms with van der Waals surface area (Å²) in [6.07, 6.45) is 1.55. The Hall–Kier alpha value is -3.32. The van der Waals surface area contributed by atoms with E-state index in [2.05, 4.69) is 31.9 Å². The number of rotatable bonds is 10. The maximum absolute atomic E-state index is 12.4. The smallest absolute Gasteiger partial charge is 0.251 e. The highest BCUT2D eigenvalue weighted by Gasteiger charge is 2.11. The van der Waals surface area contributed by atoms with Crippen molar-refractivity contribution in [1.29, 1.82) is 0 Å². The Bertz CT molecular complexity index is 1240. The molecule has 0 bridgehead atoms. The number of halogens is 1. The van der Waals surface area contributed by atoms with Gasteiger partial charge in [-0.1, -0.05) is 40.2 Å². The van der Waals surface area contributed by atoms with Crippen LogP contribution in [-0.4, -0.2) is 35.7 Å². The number of aryl methyl sites for hydroxylation is 1. The Kier molecular flexibility index (Phi) is 7.62. The van der Waals surface area contributed by atoms with Gasteiger partial charge in [-0.2, -0.15) is 0 Å². The second kappa shape index (κ2) is 11.0. The summed E-state index contributed by atoms with van der Waals surface area (Å²) in [5, 5.41) is 2.99. The molecule has 4 aromatic rings. The molecule has 0 unspecified atom stereocenters. The third kappa shape index (κ3) is 5.93. The molecule has 0 spiro atoms. The van der Waals surface area contributed by atoms with Crippen molar-refractivity contribution < 1.29 is 14.3 Å². The van der Waals surface area contributed by atoms with Crippen molar-refractivity contribution in [3.63, 3.8) is 0 Å². The van der Waals surface area contributed by atoms with Crippen molar-refractivity contribution in [2.24, 2.45) is 0 Å². The minimum absolute atomic E-state index is 0.0727. The van der Waals surface area contributed by atoms with Gasteiger partial charge in [-0.05, 0) is 48.9 Å². The van der Waals surface area contributed by atoms with Gasteiger partial charge in [0, 0.05) is 29.1 Å². The van der Waals surface area contributed by atoms with E-state index in [9.17, 15) is 4.79 Å². The predicted molar refractivity (Wildman–Crippen MR) is 133 cm³/mol. The SMILES string of the molecule is COc1cccc(OCCn2c(CCCNC(=O)c3cccc(Br)c3)nc3ccccc32)c1. The van der Waals surface area contributed by atoms with Gasteiger partial charge in [-0.15, -0.1) is 0 Å².